The Balaban J connectivity index is 0.00000256. The van der Waals surface area contributed by atoms with Gasteiger partial charge in [0, 0.05) is 12.6 Å². The molecule has 3 heteroatoms. The summed E-state index contributed by atoms with van der Waals surface area (Å²) in [5.74, 6) is 0. The Kier molecular flexibility index (Phi) is 6.17. The van der Waals surface area contributed by atoms with Gasteiger partial charge < -0.3 is 10.8 Å². The minimum absolute atomic E-state index is 0. The zero-order valence-corrected chi connectivity index (χ0v) is 12.2. The number of rotatable bonds is 3. The summed E-state index contributed by atoms with van der Waals surface area (Å²) in [5, 5.41) is 8.99. The van der Waals surface area contributed by atoms with E-state index in [9.17, 15) is 0 Å². The number of halogens is 1. The molecule has 0 saturated heterocycles. The summed E-state index contributed by atoms with van der Waals surface area (Å²) in [6.07, 6.45) is 0.629. The fourth-order valence-electron chi connectivity index (χ4n) is 2.37. The Hall–Kier alpha value is -0.570. The van der Waals surface area contributed by atoms with Crippen molar-refractivity contribution < 1.29 is 5.11 Å². The van der Waals surface area contributed by atoms with Crippen LogP contribution in [0.1, 0.15) is 45.8 Å². The van der Waals surface area contributed by atoms with Crippen LogP contribution in [-0.2, 0) is 0 Å². The van der Waals surface area contributed by atoms with Gasteiger partial charge in [0.2, 0.25) is 0 Å². The Morgan fingerprint density at radius 3 is 1.59 bits per heavy atom. The highest BCUT2D eigenvalue weighted by Gasteiger charge is 2.16. The lowest BCUT2D eigenvalue weighted by Crippen LogP contribution is -2.17. The third-order valence-electron chi connectivity index (χ3n) is 3.87. The van der Waals surface area contributed by atoms with Crippen LogP contribution in [0.5, 0.6) is 0 Å². The molecule has 0 heterocycles. The van der Waals surface area contributed by atoms with E-state index in [0.717, 1.165) is 0 Å². The van der Waals surface area contributed by atoms with E-state index in [0.29, 0.717) is 6.42 Å². The predicted octanol–water partition coefficient (Wildman–Crippen LogP) is 3.03. The van der Waals surface area contributed by atoms with Crippen molar-refractivity contribution >= 4 is 12.4 Å². The zero-order valence-electron chi connectivity index (χ0n) is 11.4. The van der Waals surface area contributed by atoms with Crippen molar-refractivity contribution in [1.82, 2.24) is 0 Å². The number of hydrogen-bond acceptors (Lipinski definition) is 2. The molecule has 0 aromatic heterocycles. The van der Waals surface area contributed by atoms with Gasteiger partial charge in [-0.25, -0.2) is 0 Å². The molecule has 1 rings (SSSR count). The van der Waals surface area contributed by atoms with Crippen LogP contribution in [0.4, 0.5) is 0 Å². The molecular weight excluding hydrogens is 234 g/mol. The van der Waals surface area contributed by atoms with Crippen molar-refractivity contribution in [2.45, 2.75) is 47.1 Å². The van der Waals surface area contributed by atoms with E-state index in [1.807, 2.05) is 0 Å². The molecule has 0 bridgehead atoms. The van der Waals surface area contributed by atoms with Crippen LogP contribution in [0.3, 0.4) is 0 Å². The number of hydrogen-bond donors (Lipinski definition) is 2. The number of benzene rings is 1. The molecule has 1 aromatic carbocycles. The van der Waals surface area contributed by atoms with Crippen LogP contribution in [0.2, 0.25) is 0 Å². The Bertz CT molecular complexity index is 373. The van der Waals surface area contributed by atoms with E-state index in [4.69, 9.17) is 10.8 Å². The van der Waals surface area contributed by atoms with Gasteiger partial charge in [-0.15, -0.1) is 12.4 Å². The highest BCUT2D eigenvalue weighted by Crippen LogP contribution is 2.30. The first-order valence-corrected chi connectivity index (χ1v) is 5.85. The van der Waals surface area contributed by atoms with Gasteiger partial charge in [-0.05, 0) is 74.4 Å². The SMILES string of the molecule is Cc1c(C)c(C)c([C@@H](N)CCO)c(C)c1C.Cl. The lowest BCUT2D eigenvalue weighted by molar-refractivity contribution is 0.276. The summed E-state index contributed by atoms with van der Waals surface area (Å²) in [6.45, 7) is 10.8. The second-order valence-corrected chi connectivity index (χ2v) is 4.66. The molecular formula is C14H24ClNO. The van der Waals surface area contributed by atoms with Crippen molar-refractivity contribution in [3.05, 3.63) is 33.4 Å². The largest absolute Gasteiger partial charge is 0.396 e. The third-order valence-corrected chi connectivity index (χ3v) is 3.87. The first-order valence-electron chi connectivity index (χ1n) is 5.85. The molecule has 0 radical (unpaired) electrons. The van der Waals surface area contributed by atoms with Gasteiger partial charge in [-0.1, -0.05) is 0 Å². The van der Waals surface area contributed by atoms with Crippen LogP contribution >= 0.6 is 12.4 Å². The third kappa shape index (κ3) is 3.01. The minimum atomic E-state index is -0.0528. The summed E-state index contributed by atoms with van der Waals surface area (Å²) >= 11 is 0. The van der Waals surface area contributed by atoms with E-state index in [1.165, 1.54) is 33.4 Å². The molecule has 0 aliphatic carbocycles. The maximum Gasteiger partial charge on any atom is 0.0449 e. The molecule has 0 fully saturated rings. The molecule has 0 unspecified atom stereocenters. The van der Waals surface area contributed by atoms with Gasteiger partial charge >= 0.3 is 0 Å². The highest BCUT2D eigenvalue weighted by molar-refractivity contribution is 5.85. The Morgan fingerprint density at radius 2 is 1.24 bits per heavy atom. The molecule has 0 aliphatic heterocycles. The maximum atomic E-state index is 8.99. The van der Waals surface area contributed by atoms with Gasteiger partial charge in [0.1, 0.15) is 0 Å². The van der Waals surface area contributed by atoms with Crippen molar-refractivity contribution in [2.75, 3.05) is 6.61 Å². The van der Waals surface area contributed by atoms with Crippen LogP contribution in [0.15, 0.2) is 0 Å². The summed E-state index contributed by atoms with van der Waals surface area (Å²) in [4.78, 5) is 0. The smallest absolute Gasteiger partial charge is 0.0449 e. The van der Waals surface area contributed by atoms with Crippen molar-refractivity contribution in [3.8, 4) is 0 Å². The van der Waals surface area contributed by atoms with Gasteiger partial charge in [-0.3, -0.25) is 0 Å². The predicted molar refractivity (Wildman–Crippen MR) is 76.0 cm³/mol. The fourth-order valence-corrected chi connectivity index (χ4v) is 2.37. The normalized spacial score (nSPS) is 12.2. The standard InChI is InChI=1S/C14H23NO.ClH/c1-8-9(2)11(4)14(12(5)10(8)3)13(15)6-7-16;/h13,16H,6-7,15H2,1-5H3;1H/t13-;/m0./s1. The molecule has 0 amide bonds. The second-order valence-electron chi connectivity index (χ2n) is 4.66. The Morgan fingerprint density at radius 1 is 0.882 bits per heavy atom. The van der Waals surface area contributed by atoms with E-state index in [2.05, 4.69) is 34.6 Å². The minimum Gasteiger partial charge on any atom is -0.396 e. The van der Waals surface area contributed by atoms with Crippen molar-refractivity contribution in [3.63, 3.8) is 0 Å². The van der Waals surface area contributed by atoms with Gasteiger partial charge in [0.15, 0.2) is 0 Å². The van der Waals surface area contributed by atoms with E-state index >= 15 is 0 Å². The number of nitrogens with two attached hydrogens (primary N) is 1. The molecule has 17 heavy (non-hydrogen) atoms. The fraction of sp³-hybridized carbons (Fsp3) is 0.571. The highest BCUT2D eigenvalue weighted by atomic mass is 35.5. The first-order chi connectivity index (χ1) is 7.41. The Labute approximate surface area is 111 Å². The molecule has 1 aromatic rings. The van der Waals surface area contributed by atoms with Crippen molar-refractivity contribution in [1.29, 1.82) is 0 Å². The molecule has 0 spiro atoms. The summed E-state index contributed by atoms with van der Waals surface area (Å²) < 4.78 is 0. The first kappa shape index (κ1) is 16.4. The molecule has 0 aliphatic rings. The number of aliphatic hydroxyl groups excluding tert-OH is 1. The van der Waals surface area contributed by atoms with Crippen LogP contribution in [-0.4, -0.2) is 11.7 Å². The molecule has 3 N–H and O–H groups in total. The topological polar surface area (TPSA) is 46.2 Å². The second kappa shape index (κ2) is 6.39. The van der Waals surface area contributed by atoms with Gasteiger partial charge in [0.05, 0.1) is 0 Å². The van der Waals surface area contributed by atoms with Gasteiger partial charge in [0.25, 0.3) is 0 Å². The summed E-state index contributed by atoms with van der Waals surface area (Å²) in [6, 6.07) is -0.0528. The van der Waals surface area contributed by atoms with E-state index < -0.39 is 0 Å². The van der Waals surface area contributed by atoms with Crippen LogP contribution in [0, 0.1) is 34.6 Å². The van der Waals surface area contributed by atoms with Crippen molar-refractivity contribution in [2.24, 2.45) is 5.73 Å². The molecule has 98 valence electrons. The zero-order chi connectivity index (χ0) is 12.5. The molecule has 1 atom stereocenters. The quantitative estimate of drug-likeness (QED) is 0.874. The average Bonchev–Trinajstić information content (AvgIpc) is 2.24. The van der Waals surface area contributed by atoms with Gasteiger partial charge in [-0.2, -0.15) is 0 Å². The average molecular weight is 258 g/mol. The summed E-state index contributed by atoms with van der Waals surface area (Å²) in [7, 11) is 0. The van der Waals surface area contributed by atoms with Crippen LogP contribution < -0.4 is 5.73 Å². The van der Waals surface area contributed by atoms with E-state index in [1.54, 1.807) is 0 Å². The monoisotopic (exact) mass is 257 g/mol. The maximum absolute atomic E-state index is 8.99. The molecule has 0 saturated carbocycles. The lowest BCUT2D eigenvalue weighted by atomic mass is 9.86. The lowest BCUT2D eigenvalue weighted by Gasteiger charge is -2.22. The summed E-state index contributed by atoms with van der Waals surface area (Å²) in [5.41, 5.74) is 13.9. The number of aliphatic hydroxyl groups is 1. The van der Waals surface area contributed by atoms with Crippen LogP contribution in [0.25, 0.3) is 0 Å². The van der Waals surface area contributed by atoms with E-state index in [-0.39, 0.29) is 25.1 Å². The molecule has 2 nitrogen and oxygen atoms in total.